The van der Waals surface area contributed by atoms with Gasteiger partial charge in [0.2, 0.25) is 0 Å². The van der Waals surface area contributed by atoms with Gasteiger partial charge in [0.1, 0.15) is 0 Å². The minimum Gasteiger partial charge on any atom is -0.339 e. The molecular formula is C5H4CuN4O. The molecule has 2 rings (SSSR count). The number of aromatic amines is 2. The van der Waals surface area contributed by atoms with Gasteiger partial charge in [0.05, 0.1) is 12.7 Å². The molecule has 6 heteroatoms. The monoisotopic (exact) mass is 199 g/mol. The van der Waals surface area contributed by atoms with Crippen LogP contribution in [0.25, 0.3) is 11.2 Å². The summed E-state index contributed by atoms with van der Waals surface area (Å²) in [5, 5.41) is 0. The van der Waals surface area contributed by atoms with Crippen molar-refractivity contribution in [2.45, 2.75) is 0 Å². The second-order valence-corrected chi connectivity index (χ2v) is 1.83. The van der Waals surface area contributed by atoms with Crippen molar-refractivity contribution in [1.82, 2.24) is 19.9 Å². The molecule has 2 aromatic heterocycles. The van der Waals surface area contributed by atoms with E-state index < -0.39 is 0 Å². The van der Waals surface area contributed by atoms with Crippen LogP contribution >= 0.6 is 0 Å². The molecule has 0 aliphatic carbocycles. The number of imidazole rings is 1. The van der Waals surface area contributed by atoms with E-state index >= 15 is 0 Å². The predicted molar refractivity (Wildman–Crippen MR) is 34.5 cm³/mol. The van der Waals surface area contributed by atoms with Gasteiger partial charge < -0.3 is 9.97 Å². The van der Waals surface area contributed by atoms with Crippen molar-refractivity contribution < 1.29 is 17.1 Å². The van der Waals surface area contributed by atoms with E-state index in [4.69, 9.17) is 0 Å². The number of fused-ring (bicyclic) bond motifs is 1. The number of hydrogen-bond acceptors (Lipinski definition) is 3. The van der Waals surface area contributed by atoms with Gasteiger partial charge in [0.15, 0.2) is 11.2 Å². The van der Waals surface area contributed by atoms with Crippen LogP contribution in [0.15, 0.2) is 17.4 Å². The molecule has 0 aliphatic rings. The molecule has 1 radical (unpaired) electrons. The van der Waals surface area contributed by atoms with Crippen molar-refractivity contribution in [1.29, 1.82) is 0 Å². The zero-order valence-corrected chi connectivity index (χ0v) is 6.20. The zero-order valence-electron chi connectivity index (χ0n) is 5.26. The topological polar surface area (TPSA) is 74.4 Å². The summed E-state index contributed by atoms with van der Waals surface area (Å²) in [6, 6.07) is 0. The average Bonchev–Trinajstić information content (AvgIpc) is 2.36. The molecule has 11 heavy (non-hydrogen) atoms. The third-order valence-electron chi connectivity index (χ3n) is 1.23. The van der Waals surface area contributed by atoms with Crippen molar-refractivity contribution >= 4 is 11.2 Å². The molecule has 2 aromatic rings. The van der Waals surface area contributed by atoms with Gasteiger partial charge in [-0.25, -0.2) is 9.97 Å². The SMILES string of the molecule is O=c1[nH]cnc2nc[nH]c12.[Cu]. The van der Waals surface area contributed by atoms with E-state index in [9.17, 15) is 4.79 Å². The Hall–Kier alpha value is -1.13. The van der Waals surface area contributed by atoms with Gasteiger partial charge in [-0.3, -0.25) is 4.79 Å². The van der Waals surface area contributed by atoms with E-state index in [1.54, 1.807) is 0 Å². The van der Waals surface area contributed by atoms with Crippen LogP contribution in [0.1, 0.15) is 0 Å². The Morgan fingerprint density at radius 2 is 1.82 bits per heavy atom. The van der Waals surface area contributed by atoms with Gasteiger partial charge in [0, 0.05) is 17.1 Å². The van der Waals surface area contributed by atoms with E-state index in [0.717, 1.165) is 0 Å². The maximum Gasteiger partial charge on any atom is 0.276 e. The van der Waals surface area contributed by atoms with Crippen LogP contribution in [-0.2, 0) is 17.1 Å². The average molecular weight is 200 g/mol. The van der Waals surface area contributed by atoms with Crippen molar-refractivity contribution in [3.8, 4) is 0 Å². The normalized spacial score (nSPS) is 9.45. The minimum absolute atomic E-state index is 0. The molecular weight excluding hydrogens is 196 g/mol. The Labute approximate surface area is 71.7 Å². The smallest absolute Gasteiger partial charge is 0.276 e. The molecule has 0 atom stereocenters. The van der Waals surface area contributed by atoms with Crippen molar-refractivity contribution in [2.75, 3.05) is 0 Å². The molecule has 5 nitrogen and oxygen atoms in total. The molecule has 0 aliphatic heterocycles. The fraction of sp³-hybridized carbons (Fsp3) is 0. The third-order valence-corrected chi connectivity index (χ3v) is 1.23. The summed E-state index contributed by atoms with van der Waals surface area (Å²) in [5.74, 6) is 0. The van der Waals surface area contributed by atoms with E-state index in [1.165, 1.54) is 12.7 Å². The quantitative estimate of drug-likeness (QED) is 0.570. The van der Waals surface area contributed by atoms with Gasteiger partial charge in [-0.05, 0) is 0 Å². The number of H-pyrrole nitrogens is 2. The number of rotatable bonds is 0. The minimum atomic E-state index is -0.192. The van der Waals surface area contributed by atoms with E-state index in [-0.39, 0.29) is 22.6 Å². The number of hydrogen-bond donors (Lipinski definition) is 2. The molecule has 0 unspecified atom stereocenters. The van der Waals surface area contributed by atoms with Crippen LogP contribution < -0.4 is 5.56 Å². The molecule has 0 aromatic carbocycles. The first kappa shape index (κ1) is 7.97. The Bertz CT molecular complexity index is 406. The summed E-state index contributed by atoms with van der Waals surface area (Å²) >= 11 is 0. The second kappa shape index (κ2) is 2.86. The van der Waals surface area contributed by atoms with Crippen LogP contribution in [0, 0.1) is 0 Å². The van der Waals surface area contributed by atoms with Crippen LogP contribution in [0.3, 0.4) is 0 Å². The van der Waals surface area contributed by atoms with Crippen LogP contribution in [0.2, 0.25) is 0 Å². The molecule has 0 fully saturated rings. The molecule has 0 saturated heterocycles. The summed E-state index contributed by atoms with van der Waals surface area (Å²) in [7, 11) is 0. The summed E-state index contributed by atoms with van der Waals surface area (Å²) in [4.78, 5) is 23.6. The second-order valence-electron chi connectivity index (χ2n) is 1.83. The predicted octanol–water partition coefficient (Wildman–Crippen LogP) is -0.356. The molecule has 0 bridgehead atoms. The number of aromatic nitrogens is 4. The zero-order chi connectivity index (χ0) is 6.97. The van der Waals surface area contributed by atoms with Crippen LogP contribution in [0.5, 0.6) is 0 Å². The van der Waals surface area contributed by atoms with Gasteiger partial charge >= 0.3 is 0 Å². The van der Waals surface area contributed by atoms with E-state index in [2.05, 4.69) is 19.9 Å². The maximum absolute atomic E-state index is 10.9. The Morgan fingerprint density at radius 3 is 2.45 bits per heavy atom. The number of nitrogens with one attached hydrogen (secondary N) is 2. The first-order valence-electron chi connectivity index (χ1n) is 2.75. The Kier molecular flexibility index (Phi) is 2.07. The van der Waals surface area contributed by atoms with E-state index in [0.29, 0.717) is 11.2 Å². The van der Waals surface area contributed by atoms with Gasteiger partial charge in [0.25, 0.3) is 5.56 Å². The Balaban J connectivity index is 0.000000605. The first-order valence-corrected chi connectivity index (χ1v) is 2.75. The number of nitrogens with zero attached hydrogens (tertiary/aromatic N) is 2. The molecule has 61 valence electrons. The fourth-order valence-electron chi connectivity index (χ4n) is 0.776. The van der Waals surface area contributed by atoms with Gasteiger partial charge in [-0.1, -0.05) is 0 Å². The summed E-state index contributed by atoms with van der Waals surface area (Å²) in [6.07, 6.45) is 2.76. The first-order chi connectivity index (χ1) is 4.88. The largest absolute Gasteiger partial charge is 0.339 e. The standard InChI is InChI=1S/C5H4N4O.Cu/c10-5-3-4(7-1-6-3)8-2-9-5;/h1-2H,(H2,6,7,8,9,10);. The van der Waals surface area contributed by atoms with Crippen LogP contribution in [0.4, 0.5) is 0 Å². The van der Waals surface area contributed by atoms with Crippen LogP contribution in [-0.4, -0.2) is 19.9 Å². The third kappa shape index (κ3) is 1.18. The summed E-state index contributed by atoms with van der Waals surface area (Å²) < 4.78 is 0. The molecule has 2 N–H and O–H groups in total. The fourth-order valence-corrected chi connectivity index (χ4v) is 0.776. The molecule has 2 heterocycles. The van der Waals surface area contributed by atoms with Crippen molar-refractivity contribution in [2.24, 2.45) is 0 Å². The van der Waals surface area contributed by atoms with Crippen molar-refractivity contribution in [3.05, 3.63) is 23.0 Å². The van der Waals surface area contributed by atoms with E-state index in [1.807, 2.05) is 0 Å². The van der Waals surface area contributed by atoms with Crippen molar-refractivity contribution in [3.63, 3.8) is 0 Å². The van der Waals surface area contributed by atoms with Gasteiger partial charge in [-0.2, -0.15) is 0 Å². The molecule has 0 amide bonds. The van der Waals surface area contributed by atoms with Gasteiger partial charge in [-0.15, -0.1) is 0 Å². The maximum atomic E-state index is 10.9. The molecule has 0 spiro atoms. The summed E-state index contributed by atoms with van der Waals surface area (Å²) in [5.41, 5.74) is 0.675. The molecule has 0 saturated carbocycles. The Morgan fingerprint density at radius 1 is 1.18 bits per heavy atom. The summed E-state index contributed by atoms with van der Waals surface area (Å²) in [6.45, 7) is 0.